The molecule has 0 aliphatic carbocycles. The van der Waals surface area contributed by atoms with E-state index >= 15 is 0 Å². The lowest BCUT2D eigenvalue weighted by atomic mass is 9.97. The van der Waals surface area contributed by atoms with Crippen LogP contribution in [0.3, 0.4) is 0 Å². The van der Waals surface area contributed by atoms with E-state index in [2.05, 4.69) is 15.2 Å². The average Bonchev–Trinajstić information content (AvgIpc) is 2.66. The number of nitrogens with one attached hydrogen (secondary N) is 1. The lowest BCUT2D eigenvalue weighted by Gasteiger charge is -2.30. The molecule has 2 heterocycles. The van der Waals surface area contributed by atoms with Gasteiger partial charge >= 0.3 is 0 Å². The van der Waals surface area contributed by atoms with Crippen molar-refractivity contribution in [1.29, 1.82) is 0 Å². The first kappa shape index (κ1) is 18.6. The van der Waals surface area contributed by atoms with Crippen LogP contribution in [0, 0.1) is 9.98 Å². The summed E-state index contributed by atoms with van der Waals surface area (Å²) in [7, 11) is 5.59. The van der Waals surface area contributed by atoms with Crippen LogP contribution >= 0.6 is 12.2 Å². The van der Waals surface area contributed by atoms with Crippen molar-refractivity contribution in [3.63, 3.8) is 0 Å². The fourth-order valence-corrected chi connectivity index (χ4v) is 3.73. The van der Waals surface area contributed by atoms with Gasteiger partial charge in [0.1, 0.15) is 5.75 Å². The molecule has 0 amide bonds. The van der Waals surface area contributed by atoms with Crippen molar-refractivity contribution < 1.29 is 9.94 Å². The topological polar surface area (TPSA) is 88.9 Å². The summed E-state index contributed by atoms with van der Waals surface area (Å²) < 4.78 is 7.76. The molecule has 0 saturated carbocycles. The first-order valence-corrected chi connectivity index (χ1v) is 9.15. The van der Waals surface area contributed by atoms with Crippen LogP contribution in [-0.2, 0) is 6.54 Å². The minimum absolute atomic E-state index is 0.119. The fourth-order valence-electron chi connectivity index (χ4n) is 3.45. The molecule has 8 nitrogen and oxygen atoms in total. The third-order valence-electron chi connectivity index (χ3n) is 4.85. The molecule has 0 atom stereocenters. The zero-order valence-corrected chi connectivity index (χ0v) is 16.6. The minimum atomic E-state index is -0.133. The Morgan fingerprint density at radius 2 is 2.07 bits per heavy atom. The first-order valence-electron chi connectivity index (χ1n) is 8.74. The molecule has 0 radical (unpaired) electrons. The Bertz CT molecular complexity index is 1130. The second kappa shape index (κ2) is 7.02. The number of nitrogens with zero attached hydrogens (tertiary/aromatic N) is 4. The third-order valence-corrected chi connectivity index (χ3v) is 5.16. The summed E-state index contributed by atoms with van der Waals surface area (Å²) in [6.07, 6.45) is 0. The van der Waals surface area contributed by atoms with E-state index in [1.54, 1.807) is 19.2 Å². The zero-order valence-electron chi connectivity index (χ0n) is 15.8. The van der Waals surface area contributed by atoms with Gasteiger partial charge in [0.05, 0.1) is 35.1 Å². The van der Waals surface area contributed by atoms with Gasteiger partial charge in [-0.25, -0.2) is 4.98 Å². The molecule has 0 saturated heterocycles. The molecule has 1 aliphatic heterocycles. The highest BCUT2D eigenvalue weighted by atomic mass is 32.1. The molecule has 2 aromatic carbocycles. The van der Waals surface area contributed by atoms with E-state index in [0.29, 0.717) is 28.4 Å². The van der Waals surface area contributed by atoms with Gasteiger partial charge in [-0.05, 0) is 56.6 Å². The van der Waals surface area contributed by atoms with Crippen LogP contribution in [0.2, 0.25) is 0 Å². The summed E-state index contributed by atoms with van der Waals surface area (Å²) in [6.45, 7) is 1.44. The van der Waals surface area contributed by atoms with Crippen molar-refractivity contribution >= 4 is 40.2 Å². The Balaban J connectivity index is 2.05. The minimum Gasteiger partial charge on any atom is -0.733 e. The Morgan fingerprint density at radius 3 is 2.75 bits per heavy atom. The van der Waals surface area contributed by atoms with E-state index in [1.165, 1.54) is 0 Å². The molecule has 1 aliphatic rings. The van der Waals surface area contributed by atoms with Gasteiger partial charge in [-0.2, -0.15) is 0 Å². The smallest absolute Gasteiger partial charge is 0.200 e. The molecule has 28 heavy (non-hydrogen) atoms. The van der Waals surface area contributed by atoms with E-state index in [-0.39, 0.29) is 10.9 Å². The molecule has 0 fully saturated rings. The summed E-state index contributed by atoms with van der Waals surface area (Å²) in [5.74, 6) is 0.693. The van der Waals surface area contributed by atoms with Crippen LogP contribution in [0.5, 0.6) is 5.75 Å². The van der Waals surface area contributed by atoms with Gasteiger partial charge in [-0.3, -0.25) is 5.21 Å². The van der Waals surface area contributed by atoms with Crippen LogP contribution in [0.15, 0.2) is 30.3 Å². The van der Waals surface area contributed by atoms with Crippen LogP contribution in [0.25, 0.3) is 22.2 Å². The molecule has 2 N–H and O–H groups in total. The van der Waals surface area contributed by atoms with Gasteiger partial charge in [0.2, 0.25) is 4.77 Å². The zero-order chi connectivity index (χ0) is 20.0. The molecule has 0 spiro atoms. The van der Waals surface area contributed by atoms with Crippen molar-refractivity contribution in [2.75, 3.05) is 38.3 Å². The number of anilines is 3. The van der Waals surface area contributed by atoms with Gasteiger partial charge in [0.15, 0.2) is 0 Å². The standard InChI is InChI=1S/C19H20N5O3S/c1-22(2)8-9-23-14-6-7-15(24(25)26)18-16(14)17(21-19(23)28)12-10-11(27-3)4-5-13(12)20-18/h4-7,10,20,25H,8-9H2,1-3H3/q-1. The normalized spacial score (nSPS) is 12.1. The molecular formula is C19H20N5O3S-. The number of likely N-dealkylation sites (N-methyl/N-ethyl adjacent to an activating group) is 1. The van der Waals surface area contributed by atoms with Crippen LogP contribution in [0.4, 0.5) is 17.1 Å². The van der Waals surface area contributed by atoms with Gasteiger partial charge in [-0.1, -0.05) is 0 Å². The number of ether oxygens (including phenoxy) is 1. The number of benzene rings is 2. The number of methoxy groups -OCH3 is 1. The molecule has 3 aromatic rings. The lowest BCUT2D eigenvalue weighted by Crippen LogP contribution is -2.20. The maximum absolute atomic E-state index is 11.7. The average molecular weight is 398 g/mol. The quantitative estimate of drug-likeness (QED) is 0.388. The van der Waals surface area contributed by atoms with Gasteiger partial charge in [0, 0.05) is 24.3 Å². The Kier molecular flexibility index (Phi) is 4.68. The van der Waals surface area contributed by atoms with E-state index in [0.717, 1.165) is 28.7 Å². The van der Waals surface area contributed by atoms with Crippen LogP contribution in [-0.4, -0.2) is 47.4 Å². The molecule has 9 heteroatoms. The van der Waals surface area contributed by atoms with E-state index in [9.17, 15) is 10.4 Å². The third kappa shape index (κ3) is 2.98. The molecule has 0 unspecified atom stereocenters. The molecule has 4 rings (SSSR count). The summed E-state index contributed by atoms with van der Waals surface area (Å²) in [5, 5.41) is 25.2. The van der Waals surface area contributed by atoms with E-state index in [1.807, 2.05) is 36.9 Å². The highest BCUT2D eigenvalue weighted by Gasteiger charge is 2.24. The van der Waals surface area contributed by atoms with Crippen molar-refractivity contribution in [3.05, 3.63) is 40.3 Å². The fraction of sp³-hybridized carbons (Fsp3) is 0.263. The second-order valence-electron chi connectivity index (χ2n) is 6.86. The molecular weight excluding hydrogens is 378 g/mol. The summed E-state index contributed by atoms with van der Waals surface area (Å²) in [5.41, 5.74) is 3.72. The second-order valence-corrected chi connectivity index (χ2v) is 7.23. The maximum Gasteiger partial charge on any atom is 0.200 e. The number of aromatic nitrogens is 2. The van der Waals surface area contributed by atoms with Crippen molar-refractivity contribution in [3.8, 4) is 17.0 Å². The van der Waals surface area contributed by atoms with Crippen molar-refractivity contribution in [1.82, 2.24) is 14.5 Å². The van der Waals surface area contributed by atoms with E-state index in [4.69, 9.17) is 17.0 Å². The summed E-state index contributed by atoms with van der Waals surface area (Å²) in [6, 6.07) is 8.92. The molecule has 0 bridgehead atoms. The Labute approximate surface area is 167 Å². The van der Waals surface area contributed by atoms with Crippen molar-refractivity contribution in [2.24, 2.45) is 0 Å². The monoisotopic (exact) mass is 398 g/mol. The van der Waals surface area contributed by atoms with Gasteiger partial charge < -0.3 is 30.0 Å². The lowest BCUT2D eigenvalue weighted by molar-refractivity contribution is 0.297. The summed E-state index contributed by atoms with van der Waals surface area (Å²) in [4.78, 5) is 6.75. The van der Waals surface area contributed by atoms with Gasteiger partial charge in [-0.15, -0.1) is 0 Å². The van der Waals surface area contributed by atoms with Crippen LogP contribution in [0.1, 0.15) is 0 Å². The SMILES string of the molecule is COc1ccc2c(c1)-c1nc(=S)n(CCN(C)C)c3ccc(N([O-])O)c(c13)N2. The van der Waals surface area contributed by atoms with Crippen molar-refractivity contribution in [2.45, 2.75) is 6.54 Å². The predicted molar refractivity (Wildman–Crippen MR) is 112 cm³/mol. The Hall–Kier alpha value is -2.72. The number of hydrogen-bond donors (Lipinski definition) is 2. The Morgan fingerprint density at radius 1 is 1.29 bits per heavy atom. The summed E-state index contributed by atoms with van der Waals surface area (Å²) >= 11 is 5.59. The predicted octanol–water partition coefficient (Wildman–Crippen LogP) is 3.75. The highest BCUT2D eigenvalue weighted by Crippen LogP contribution is 2.47. The van der Waals surface area contributed by atoms with Crippen LogP contribution < -0.4 is 15.3 Å². The number of hydrogen-bond acceptors (Lipinski definition) is 8. The largest absolute Gasteiger partial charge is 0.733 e. The molecule has 1 aromatic heterocycles. The maximum atomic E-state index is 11.7. The highest BCUT2D eigenvalue weighted by molar-refractivity contribution is 7.71. The number of fused-ring (bicyclic) bond motifs is 2. The van der Waals surface area contributed by atoms with Gasteiger partial charge in [0.25, 0.3) is 0 Å². The molecule has 146 valence electrons. The number of rotatable bonds is 5. The first-order chi connectivity index (χ1) is 13.4. The van der Waals surface area contributed by atoms with E-state index < -0.39 is 0 Å².